The zero-order valence-corrected chi connectivity index (χ0v) is 92.9. The molecule has 0 unspecified atom stereocenters. The first-order valence-corrected chi connectivity index (χ1v) is 55.2. The molecule has 12 heterocycles. The lowest BCUT2D eigenvalue weighted by molar-refractivity contribution is 1.09. The molecule has 8 nitrogen and oxygen atoms in total. The average molecular weight is 1950 g/mol. The minimum atomic E-state index is 1.03. The number of benzene rings is 15. The number of pyridine rings is 8. The van der Waals surface area contributed by atoms with Crippen LogP contribution in [0.1, 0.15) is 243 Å². The summed E-state index contributed by atoms with van der Waals surface area (Å²) in [5, 5.41) is 31.3. The number of hydrogen-bond donors (Lipinski definition) is 0. The van der Waals surface area contributed by atoms with Gasteiger partial charge in [0.05, 0.1) is 93.8 Å². The Hall–Kier alpha value is -15.1. The fraction of sp³-hybridized carbons (Fsp3) is 0.257. The fourth-order valence-electron chi connectivity index (χ4n) is 18.8. The smallest absolute Gasteiger partial charge is 0.0824 e. The Labute approximate surface area is 879 Å². The molecule has 0 amide bonds. The van der Waals surface area contributed by atoms with Gasteiger partial charge >= 0.3 is 0 Å². The Morgan fingerprint density at radius 1 is 0.149 bits per heavy atom. The lowest BCUT2D eigenvalue weighted by Crippen LogP contribution is -1.93. The van der Waals surface area contributed by atoms with E-state index in [0.29, 0.717) is 0 Å². The highest BCUT2D eigenvalue weighted by molar-refractivity contribution is 6.28. The van der Waals surface area contributed by atoms with E-state index < -0.39 is 0 Å². The first kappa shape index (κ1) is 112. The molecule has 0 aliphatic heterocycles. The van der Waals surface area contributed by atoms with Crippen molar-refractivity contribution in [2.45, 2.75) is 243 Å². The Balaban J connectivity index is 0.000000158. The van der Waals surface area contributed by atoms with Crippen molar-refractivity contribution in [3.63, 3.8) is 0 Å². The molecule has 758 valence electrons. The van der Waals surface area contributed by atoms with Gasteiger partial charge in [-0.25, -0.2) is 4.98 Å². The van der Waals surface area contributed by atoms with Crippen LogP contribution in [0.15, 0.2) is 377 Å². The first-order valence-electron chi connectivity index (χ1n) is 55.2. The number of hydrogen-bond acceptors (Lipinski definition) is 4. The van der Waals surface area contributed by atoms with Gasteiger partial charge in [-0.2, -0.15) is 0 Å². The van der Waals surface area contributed by atoms with Gasteiger partial charge in [0, 0.05) is 105 Å². The first-order chi connectivity index (χ1) is 72.6. The van der Waals surface area contributed by atoms with Crippen molar-refractivity contribution in [2.75, 3.05) is 0 Å². The summed E-state index contributed by atoms with van der Waals surface area (Å²) < 4.78 is 9.62. The molecule has 0 saturated carbocycles. The summed E-state index contributed by atoms with van der Waals surface area (Å²) in [6, 6.07) is 128. The second-order valence-electron chi connectivity index (χ2n) is 38.0. The zero-order valence-electron chi connectivity index (χ0n) is 92.9. The number of para-hydroxylation sites is 6. The topological polar surface area (TPSA) is 69.2 Å². The van der Waals surface area contributed by atoms with E-state index in [-0.39, 0.29) is 0 Å². The van der Waals surface area contributed by atoms with Crippen molar-refractivity contribution in [1.29, 1.82) is 0 Å². The summed E-state index contributed by atoms with van der Waals surface area (Å²) in [5.74, 6) is 0. The van der Waals surface area contributed by atoms with Gasteiger partial charge < -0.3 is 17.6 Å². The molecule has 27 rings (SSSR count). The van der Waals surface area contributed by atoms with Crippen LogP contribution in [-0.4, -0.2) is 37.5 Å². The second kappa shape index (κ2) is 56.0. The van der Waals surface area contributed by atoms with E-state index in [4.69, 9.17) is 9.97 Å². The van der Waals surface area contributed by atoms with Gasteiger partial charge in [0.2, 0.25) is 0 Å². The van der Waals surface area contributed by atoms with E-state index in [2.05, 4.69) is 540 Å². The number of aromatic nitrogens is 8. The Bertz CT molecular complexity index is 8620. The standard InChI is InChI=1S/3C27H16N2.C23H14N2.12C3H8/c1-3-9-19-17(7-1)13-14-25-21(19)16-26-22-15-18-8-2-5-11-23(18)28-27(22)20-10-4-6-12-24(20)29(25)26;1-2-8-18-17(7-1)13-14-25-21(18)15-26-27-20-10-3-5-11-23(20)28-16-22(27)19-9-4-6-12-24(19)29(25)26;1-2-7-18-17(6-1)11-14-25-22(18)16-26-27-20(12-13-23-21(27)9-5-15-28-23)19-8-3-4-10-24(19)29(25)26;1-2-7-16-15(6-1)11-12-21-19(16)14-22-18-9-5-13-24-23(18)17-8-3-4-10-20(17)25(21)22;12*1-3-2/h3*1-16H;1-14H;12*3H2,1-2H3. The minimum absolute atomic E-state index is 1.03. The fourth-order valence-corrected chi connectivity index (χ4v) is 18.8. The van der Waals surface area contributed by atoms with E-state index >= 15 is 0 Å². The van der Waals surface area contributed by atoms with Gasteiger partial charge in [-0.1, -0.05) is 486 Å². The van der Waals surface area contributed by atoms with Crippen LogP contribution in [0, 0.1) is 0 Å². The molecule has 0 fully saturated rings. The zero-order chi connectivity index (χ0) is 106. The summed E-state index contributed by atoms with van der Waals surface area (Å²) >= 11 is 0. The van der Waals surface area contributed by atoms with Crippen molar-refractivity contribution < 1.29 is 0 Å². The molecule has 8 heteroatoms. The van der Waals surface area contributed by atoms with Crippen LogP contribution < -0.4 is 0 Å². The molecule has 0 atom stereocenters. The van der Waals surface area contributed by atoms with Crippen LogP contribution in [-0.2, 0) is 0 Å². The van der Waals surface area contributed by atoms with Crippen LogP contribution in [0.3, 0.4) is 0 Å². The summed E-state index contributed by atoms with van der Waals surface area (Å²) in [7, 11) is 0. The van der Waals surface area contributed by atoms with Crippen LogP contribution in [0.4, 0.5) is 0 Å². The number of fused-ring (bicyclic) bond motifs is 45. The lowest BCUT2D eigenvalue weighted by Gasteiger charge is -2.12. The molecule has 27 aromatic rings. The number of nitrogens with zero attached hydrogens (tertiary/aromatic N) is 8. The maximum atomic E-state index is 5.08. The van der Waals surface area contributed by atoms with E-state index in [1.54, 1.807) is 0 Å². The predicted molar refractivity (Wildman–Crippen MR) is 665 cm³/mol. The van der Waals surface area contributed by atoms with Gasteiger partial charge in [-0.15, -0.1) is 0 Å². The molecule has 0 spiro atoms. The summed E-state index contributed by atoms with van der Waals surface area (Å²) in [5.41, 5.74) is 20.0. The molecule has 15 aromatic carbocycles. The highest BCUT2D eigenvalue weighted by Gasteiger charge is 2.22. The molecule has 0 bridgehead atoms. The second-order valence-corrected chi connectivity index (χ2v) is 38.0. The van der Waals surface area contributed by atoms with Crippen LogP contribution in [0.5, 0.6) is 0 Å². The predicted octanol–water partition coefficient (Wildman–Crippen LogP) is 44.2. The van der Waals surface area contributed by atoms with E-state index in [1.165, 1.54) is 278 Å². The summed E-state index contributed by atoms with van der Waals surface area (Å²) in [6.07, 6.45) is 20.8. The SMILES string of the molecule is CCC.CCC.CCC.CCC.CCC.CCC.CCC.CCC.CCC.CCC.CCC.CCC.c1ccc2c(c1)ccc1c2cc2c3c4ccccc4ncc3c3ccccc3n12.c1ccc2c(c1)ccc1c2cc2c3c4cccnc4ccc3c3ccccc3n12.c1ccc2c(c1)ccc1c2cc2c3cccnc3c3ccccc3n12.c1ccc2nc3c4ccccc4n4c5ccc6ccccc6c5cc4c3cc2c1. The van der Waals surface area contributed by atoms with Crippen molar-refractivity contribution >= 4 is 228 Å². The lowest BCUT2D eigenvalue weighted by atomic mass is 10.0. The van der Waals surface area contributed by atoms with Gasteiger partial charge in [-0.05, 0) is 164 Å². The third-order valence-corrected chi connectivity index (χ3v) is 23.7. The van der Waals surface area contributed by atoms with Gasteiger partial charge in [0.15, 0.2) is 0 Å². The molecule has 0 saturated heterocycles. The molecule has 0 aliphatic rings. The van der Waals surface area contributed by atoms with Crippen molar-refractivity contribution in [3.8, 4) is 0 Å². The molecule has 0 radical (unpaired) electrons. The maximum absolute atomic E-state index is 5.08. The highest BCUT2D eigenvalue weighted by Crippen LogP contribution is 2.44. The Morgan fingerprint density at radius 3 is 0.791 bits per heavy atom. The highest BCUT2D eigenvalue weighted by atomic mass is 14.9. The van der Waals surface area contributed by atoms with E-state index in [0.717, 1.165) is 27.6 Å². The molecular formula is C140H158N8. The van der Waals surface area contributed by atoms with Gasteiger partial charge in [0.25, 0.3) is 0 Å². The van der Waals surface area contributed by atoms with Crippen molar-refractivity contribution in [2.24, 2.45) is 0 Å². The van der Waals surface area contributed by atoms with Gasteiger partial charge in [-0.3, -0.25) is 15.0 Å². The summed E-state index contributed by atoms with van der Waals surface area (Å²) in [6.45, 7) is 51.0. The normalized spacial score (nSPS) is 10.6. The monoisotopic (exact) mass is 1950 g/mol. The van der Waals surface area contributed by atoms with E-state index in [1.807, 2.05) is 30.7 Å². The van der Waals surface area contributed by atoms with Crippen LogP contribution in [0.2, 0.25) is 0 Å². The quantitative estimate of drug-likeness (QED) is 0.112. The maximum Gasteiger partial charge on any atom is 0.0824 e. The molecule has 12 aromatic heterocycles. The van der Waals surface area contributed by atoms with E-state index in [9.17, 15) is 0 Å². The third-order valence-electron chi connectivity index (χ3n) is 23.7. The third kappa shape index (κ3) is 24.1. The number of rotatable bonds is 0. The van der Waals surface area contributed by atoms with Crippen LogP contribution in [0.25, 0.3) is 228 Å². The summed E-state index contributed by atoms with van der Waals surface area (Å²) in [4.78, 5) is 19.1. The Morgan fingerprint density at radius 2 is 0.399 bits per heavy atom. The average Bonchev–Trinajstić information content (AvgIpc) is 1.55. The molecule has 0 N–H and O–H groups in total. The molecule has 0 aliphatic carbocycles. The molecule has 148 heavy (non-hydrogen) atoms. The van der Waals surface area contributed by atoms with Gasteiger partial charge in [0.1, 0.15) is 0 Å². The van der Waals surface area contributed by atoms with Crippen LogP contribution >= 0.6 is 0 Å². The molecular weight excluding hydrogens is 1790 g/mol. The Kier molecular flexibility index (Phi) is 42.2. The van der Waals surface area contributed by atoms with Crippen molar-refractivity contribution in [1.82, 2.24) is 37.5 Å². The van der Waals surface area contributed by atoms with Crippen molar-refractivity contribution in [3.05, 3.63) is 377 Å². The minimum Gasteiger partial charge on any atom is -0.309 e. The largest absolute Gasteiger partial charge is 0.309 e.